The van der Waals surface area contributed by atoms with E-state index in [0.717, 1.165) is 45.6 Å². The van der Waals surface area contributed by atoms with Crippen LogP contribution in [0.2, 0.25) is 5.02 Å². The highest BCUT2D eigenvalue weighted by molar-refractivity contribution is 7.14. The Labute approximate surface area is 116 Å². The zero-order chi connectivity index (χ0) is 13.0. The van der Waals surface area contributed by atoms with Gasteiger partial charge in [-0.05, 0) is 38.6 Å². The molecule has 5 heteroatoms. The van der Waals surface area contributed by atoms with Crippen molar-refractivity contribution >= 4 is 22.9 Å². The topological polar surface area (TPSA) is 37.8 Å². The van der Waals surface area contributed by atoms with Gasteiger partial charge in [0.1, 0.15) is 10.0 Å². The van der Waals surface area contributed by atoms with Gasteiger partial charge in [-0.15, -0.1) is 10.2 Å². The Morgan fingerprint density at radius 1 is 1.33 bits per heavy atom. The van der Waals surface area contributed by atoms with Gasteiger partial charge in [-0.25, -0.2) is 0 Å². The van der Waals surface area contributed by atoms with Crippen molar-refractivity contribution in [3.63, 3.8) is 0 Å². The van der Waals surface area contributed by atoms with Crippen LogP contribution in [0.5, 0.6) is 0 Å². The van der Waals surface area contributed by atoms with Crippen LogP contribution in [-0.2, 0) is 6.42 Å². The maximum Gasteiger partial charge on any atom is 0.147 e. The van der Waals surface area contributed by atoms with Crippen molar-refractivity contribution < 1.29 is 0 Å². The third-order valence-corrected chi connectivity index (χ3v) is 4.14. The van der Waals surface area contributed by atoms with Gasteiger partial charge in [-0.1, -0.05) is 35.1 Å². The molecule has 0 saturated heterocycles. The van der Waals surface area contributed by atoms with Gasteiger partial charge in [-0.3, -0.25) is 0 Å². The Kier molecular flexibility index (Phi) is 4.69. The van der Waals surface area contributed by atoms with Crippen LogP contribution in [0.4, 0.5) is 0 Å². The Hall–Kier alpha value is -0.970. The van der Waals surface area contributed by atoms with E-state index in [1.807, 2.05) is 32.2 Å². The molecule has 0 spiro atoms. The molecular weight excluding hydrogens is 266 g/mol. The third kappa shape index (κ3) is 3.28. The lowest BCUT2D eigenvalue weighted by atomic mass is 10.2. The molecule has 1 N–H and O–H groups in total. The second-order valence-corrected chi connectivity index (χ2v) is 5.64. The fourth-order valence-electron chi connectivity index (χ4n) is 1.61. The van der Waals surface area contributed by atoms with E-state index in [9.17, 15) is 0 Å². The zero-order valence-corrected chi connectivity index (χ0v) is 12.1. The third-order valence-electron chi connectivity index (χ3n) is 2.70. The first-order valence-electron chi connectivity index (χ1n) is 5.94. The van der Waals surface area contributed by atoms with Crippen LogP contribution in [0.1, 0.15) is 17.0 Å². The van der Waals surface area contributed by atoms with Crippen molar-refractivity contribution in [3.05, 3.63) is 33.8 Å². The lowest BCUT2D eigenvalue weighted by molar-refractivity contribution is 0.718. The lowest BCUT2D eigenvalue weighted by Crippen LogP contribution is -2.08. The molecular formula is C13H16ClN3S. The van der Waals surface area contributed by atoms with Gasteiger partial charge < -0.3 is 5.32 Å². The Morgan fingerprint density at radius 3 is 2.89 bits per heavy atom. The predicted molar refractivity (Wildman–Crippen MR) is 77.3 cm³/mol. The Morgan fingerprint density at radius 2 is 2.17 bits per heavy atom. The van der Waals surface area contributed by atoms with Crippen LogP contribution in [0.3, 0.4) is 0 Å². The lowest BCUT2D eigenvalue weighted by Gasteiger charge is -1.99. The molecule has 0 aliphatic carbocycles. The first kappa shape index (κ1) is 13.5. The highest BCUT2D eigenvalue weighted by Gasteiger charge is 2.07. The summed E-state index contributed by atoms with van der Waals surface area (Å²) in [6.45, 7) is 3.00. The van der Waals surface area contributed by atoms with Crippen molar-refractivity contribution in [2.24, 2.45) is 0 Å². The van der Waals surface area contributed by atoms with Crippen LogP contribution < -0.4 is 5.32 Å². The minimum atomic E-state index is 0.777. The number of nitrogens with one attached hydrogen (secondary N) is 1. The van der Waals surface area contributed by atoms with Crippen LogP contribution in [0.15, 0.2) is 18.2 Å². The molecule has 0 aliphatic heterocycles. The molecule has 2 aromatic rings. The fraction of sp³-hybridized carbons (Fsp3) is 0.385. The molecule has 0 aliphatic rings. The summed E-state index contributed by atoms with van der Waals surface area (Å²) < 4.78 is 0. The zero-order valence-electron chi connectivity index (χ0n) is 10.5. The SMILES string of the molecule is CNCCCc1nnc(-c2ccc(C)c(Cl)c2)s1. The summed E-state index contributed by atoms with van der Waals surface area (Å²) >= 11 is 7.76. The first-order valence-corrected chi connectivity index (χ1v) is 7.13. The number of rotatable bonds is 5. The van der Waals surface area contributed by atoms with E-state index in [0.29, 0.717) is 0 Å². The molecule has 18 heavy (non-hydrogen) atoms. The number of aromatic nitrogens is 2. The van der Waals surface area contributed by atoms with Crippen molar-refractivity contribution in [2.45, 2.75) is 19.8 Å². The summed E-state index contributed by atoms with van der Waals surface area (Å²) in [4.78, 5) is 0. The predicted octanol–water partition coefficient (Wildman–Crippen LogP) is 3.32. The minimum absolute atomic E-state index is 0.777. The van der Waals surface area contributed by atoms with E-state index in [1.165, 1.54) is 0 Å². The summed E-state index contributed by atoms with van der Waals surface area (Å²) in [5, 5.41) is 14.4. The second kappa shape index (κ2) is 6.27. The summed E-state index contributed by atoms with van der Waals surface area (Å²) in [5.41, 5.74) is 2.13. The van der Waals surface area contributed by atoms with E-state index in [4.69, 9.17) is 11.6 Å². The minimum Gasteiger partial charge on any atom is -0.320 e. The largest absolute Gasteiger partial charge is 0.320 e. The first-order chi connectivity index (χ1) is 8.70. The molecule has 0 saturated carbocycles. The highest BCUT2D eigenvalue weighted by Crippen LogP contribution is 2.27. The second-order valence-electron chi connectivity index (χ2n) is 4.17. The summed E-state index contributed by atoms with van der Waals surface area (Å²) in [6, 6.07) is 6.01. The van der Waals surface area contributed by atoms with Gasteiger partial charge >= 0.3 is 0 Å². The van der Waals surface area contributed by atoms with Crippen molar-refractivity contribution in [2.75, 3.05) is 13.6 Å². The van der Waals surface area contributed by atoms with Gasteiger partial charge in [0, 0.05) is 17.0 Å². The van der Waals surface area contributed by atoms with Crippen LogP contribution in [0.25, 0.3) is 10.6 Å². The molecule has 0 radical (unpaired) electrons. The van der Waals surface area contributed by atoms with Crippen molar-refractivity contribution in [3.8, 4) is 10.6 Å². The van der Waals surface area contributed by atoms with Crippen LogP contribution >= 0.6 is 22.9 Å². The van der Waals surface area contributed by atoms with Gasteiger partial charge in [0.15, 0.2) is 0 Å². The monoisotopic (exact) mass is 281 g/mol. The van der Waals surface area contributed by atoms with Crippen LogP contribution in [-0.4, -0.2) is 23.8 Å². The molecule has 1 aromatic heterocycles. The average Bonchev–Trinajstić information content (AvgIpc) is 2.82. The van der Waals surface area contributed by atoms with E-state index >= 15 is 0 Å². The van der Waals surface area contributed by atoms with Gasteiger partial charge in [0.25, 0.3) is 0 Å². The Balaban J connectivity index is 2.11. The number of halogens is 1. The molecule has 3 nitrogen and oxygen atoms in total. The maximum absolute atomic E-state index is 6.12. The average molecular weight is 282 g/mol. The number of aryl methyl sites for hydroxylation is 2. The van der Waals surface area contributed by atoms with E-state index < -0.39 is 0 Å². The van der Waals surface area contributed by atoms with E-state index in [-0.39, 0.29) is 0 Å². The molecule has 0 amide bonds. The summed E-state index contributed by atoms with van der Waals surface area (Å²) in [5.74, 6) is 0. The summed E-state index contributed by atoms with van der Waals surface area (Å²) in [7, 11) is 1.96. The maximum atomic E-state index is 6.12. The number of benzene rings is 1. The van der Waals surface area contributed by atoms with Crippen molar-refractivity contribution in [1.29, 1.82) is 0 Å². The van der Waals surface area contributed by atoms with Gasteiger partial charge in [0.05, 0.1) is 0 Å². The molecule has 0 atom stereocenters. The molecule has 1 aromatic carbocycles. The Bertz CT molecular complexity index is 525. The number of nitrogens with zero attached hydrogens (tertiary/aromatic N) is 2. The van der Waals surface area contributed by atoms with Crippen molar-refractivity contribution in [1.82, 2.24) is 15.5 Å². The molecule has 0 bridgehead atoms. The normalized spacial score (nSPS) is 10.8. The molecule has 96 valence electrons. The van der Waals surface area contributed by atoms with E-state index in [2.05, 4.69) is 15.5 Å². The summed E-state index contributed by atoms with van der Waals surface area (Å²) in [6.07, 6.45) is 2.05. The molecule has 2 rings (SSSR count). The molecule has 0 fully saturated rings. The quantitative estimate of drug-likeness (QED) is 0.855. The van der Waals surface area contributed by atoms with Crippen LogP contribution in [0, 0.1) is 6.92 Å². The van der Waals surface area contributed by atoms with E-state index in [1.54, 1.807) is 11.3 Å². The number of hydrogen-bond acceptors (Lipinski definition) is 4. The standard InChI is InChI=1S/C13H16ClN3S/c1-9-5-6-10(8-11(9)14)13-17-16-12(18-13)4-3-7-15-2/h5-6,8,15H,3-4,7H2,1-2H3. The molecule has 0 unspecified atom stereocenters. The van der Waals surface area contributed by atoms with Gasteiger partial charge in [-0.2, -0.15) is 0 Å². The fourth-order valence-corrected chi connectivity index (χ4v) is 2.67. The number of hydrogen-bond donors (Lipinski definition) is 1. The highest BCUT2D eigenvalue weighted by atomic mass is 35.5. The smallest absolute Gasteiger partial charge is 0.147 e. The van der Waals surface area contributed by atoms with Gasteiger partial charge in [0.2, 0.25) is 0 Å². The molecule has 1 heterocycles.